The topological polar surface area (TPSA) is 62.7 Å². The third-order valence-electron chi connectivity index (χ3n) is 3.60. The van der Waals surface area contributed by atoms with E-state index in [-0.39, 0.29) is 42.1 Å². The number of hydrogen-bond donors (Lipinski definition) is 2. The van der Waals surface area contributed by atoms with Gasteiger partial charge in [-0.25, -0.2) is 13.6 Å². The van der Waals surface area contributed by atoms with Crippen LogP contribution in [0, 0.1) is 11.6 Å². The lowest BCUT2D eigenvalue weighted by Crippen LogP contribution is -2.36. The second-order valence-corrected chi connectivity index (χ2v) is 5.43. The highest BCUT2D eigenvalue weighted by molar-refractivity contribution is 14.0. The van der Waals surface area contributed by atoms with Crippen LogP contribution in [-0.4, -0.2) is 25.6 Å². The van der Waals surface area contributed by atoms with Crippen LogP contribution >= 0.6 is 24.0 Å². The molecule has 0 unspecified atom stereocenters. The summed E-state index contributed by atoms with van der Waals surface area (Å²) in [6, 6.07) is 10.3. The van der Waals surface area contributed by atoms with Gasteiger partial charge in [0.15, 0.2) is 5.96 Å². The van der Waals surface area contributed by atoms with Crippen molar-refractivity contribution in [3.63, 3.8) is 0 Å². The molecule has 0 aliphatic carbocycles. The molecule has 0 radical (unpaired) electrons. The highest BCUT2D eigenvalue weighted by atomic mass is 127. The number of carbonyl (C=O) groups excluding carboxylic acids is 1. The molecule has 0 bridgehead atoms. The number of nitrogens with one attached hydrogen (secondary N) is 2. The van der Waals surface area contributed by atoms with Crippen LogP contribution in [0.15, 0.2) is 47.5 Å². The SMILES string of the molecule is CCOC(=O)c1ccc(CNC(=NC)NCc2cc(F)ccc2F)cc1.I. The first-order valence-electron chi connectivity index (χ1n) is 8.18. The van der Waals surface area contributed by atoms with Crippen molar-refractivity contribution in [1.82, 2.24) is 10.6 Å². The molecule has 0 atom stereocenters. The number of rotatable bonds is 6. The van der Waals surface area contributed by atoms with Gasteiger partial charge in [-0.2, -0.15) is 0 Å². The average Bonchev–Trinajstić information content (AvgIpc) is 2.65. The quantitative estimate of drug-likeness (QED) is 0.282. The fraction of sp³-hybridized carbons (Fsp3) is 0.263. The zero-order valence-electron chi connectivity index (χ0n) is 15.1. The molecule has 2 rings (SSSR count). The van der Waals surface area contributed by atoms with Crippen molar-refractivity contribution < 1.29 is 18.3 Å². The summed E-state index contributed by atoms with van der Waals surface area (Å²) in [5, 5.41) is 6.00. The van der Waals surface area contributed by atoms with E-state index >= 15 is 0 Å². The maximum absolute atomic E-state index is 13.6. The number of hydrogen-bond acceptors (Lipinski definition) is 3. The summed E-state index contributed by atoms with van der Waals surface area (Å²) >= 11 is 0. The third kappa shape index (κ3) is 7.12. The summed E-state index contributed by atoms with van der Waals surface area (Å²) in [7, 11) is 1.58. The Balaban J connectivity index is 0.00000364. The monoisotopic (exact) mass is 489 g/mol. The van der Waals surface area contributed by atoms with E-state index in [4.69, 9.17) is 4.74 Å². The average molecular weight is 489 g/mol. The molecule has 2 aromatic rings. The maximum Gasteiger partial charge on any atom is 0.338 e. The lowest BCUT2D eigenvalue weighted by atomic mass is 10.1. The Morgan fingerprint density at radius 2 is 1.74 bits per heavy atom. The molecule has 8 heteroatoms. The molecule has 0 fully saturated rings. The zero-order chi connectivity index (χ0) is 18.9. The Bertz CT molecular complexity index is 783. The van der Waals surface area contributed by atoms with Crippen molar-refractivity contribution in [2.75, 3.05) is 13.7 Å². The fourth-order valence-corrected chi connectivity index (χ4v) is 2.24. The van der Waals surface area contributed by atoms with E-state index in [1.165, 1.54) is 0 Å². The number of benzene rings is 2. The summed E-state index contributed by atoms with van der Waals surface area (Å²) < 4.78 is 31.7. The normalized spacial score (nSPS) is 10.7. The molecule has 2 aromatic carbocycles. The molecule has 0 saturated heterocycles. The molecule has 0 aliphatic rings. The van der Waals surface area contributed by atoms with Crippen LogP contribution in [0.2, 0.25) is 0 Å². The Morgan fingerprint density at radius 1 is 1.07 bits per heavy atom. The van der Waals surface area contributed by atoms with Gasteiger partial charge in [-0.1, -0.05) is 12.1 Å². The van der Waals surface area contributed by atoms with E-state index in [9.17, 15) is 13.6 Å². The van der Waals surface area contributed by atoms with E-state index in [2.05, 4.69) is 15.6 Å². The van der Waals surface area contributed by atoms with Gasteiger partial charge in [0.2, 0.25) is 0 Å². The standard InChI is InChI=1S/C19H21F2N3O2.HI/c1-3-26-18(25)14-6-4-13(5-7-14)11-23-19(22-2)24-12-15-10-16(20)8-9-17(15)21;/h4-10H,3,11-12H2,1-2H3,(H2,22,23,24);1H. The molecule has 0 spiro atoms. The van der Waals surface area contributed by atoms with Crippen LogP contribution in [0.25, 0.3) is 0 Å². The summed E-state index contributed by atoms with van der Waals surface area (Å²) in [5.41, 5.74) is 1.63. The van der Waals surface area contributed by atoms with E-state index in [0.29, 0.717) is 24.7 Å². The van der Waals surface area contributed by atoms with E-state index in [1.807, 2.05) is 0 Å². The van der Waals surface area contributed by atoms with Gasteiger partial charge in [-0.05, 0) is 42.8 Å². The molecule has 0 amide bonds. The molecule has 0 heterocycles. The molecule has 0 aliphatic heterocycles. The van der Waals surface area contributed by atoms with Crippen LogP contribution < -0.4 is 10.6 Å². The van der Waals surface area contributed by atoms with Crippen molar-refractivity contribution in [2.45, 2.75) is 20.0 Å². The van der Waals surface area contributed by atoms with E-state index in [1.54, 1.807) is 38.2 Å². The van der Waals surface area contributed by atoms with Gasteiger partial charge >= 0.3 is 5.97 Å². The van der Waals surface area contributed by atoms with Gasteiger partial charge in [0.1, 0.15) is 11.6 Å². The Hall–Kier alpha value is -2.23. The lowest BCUT2D eigenvalue weighted by molar-refractivity contribution is 0.0526. The first kappa shape index (κ1) is 22.8. The van der Waals surface area contributed by atoms with Gasteiger partial charge in [0, 0.05) is 25.7 Å². The number of nitrogens with zero attached hydrogens (tertiary/aromatic N) is 1. The van der Waals surface area contributed by atoms with Crippen molar-refractivity contribution in [2.24, 2.45) is 4.99 Å². The second-order valence-electron chi connectivity index (χ2n) is 5.43. The number of carbonyl (C=O) groups is 1. The molecule has 0 aromatic heterocycles. The Morgan fingerprint density at radius 3 is 2.37 bits per heavy atom. The maximum atomic E-state index is 13.6. The molecule has 2 N–H and O–H groups in total. The molecule has 5 nitrogen and oxygen atoms in total. The first-order valence-corrected chi connectivity index (χ1v) is 8.18. The summed E-state index contributed by atoms with van der Waals surface area (Å²) in [6.07, 6.45) is 0. The predicted octanol–water partition coefficient (Wildman–Crippen LogP) is 3.62. The lowest BCUT2D eigenvalue weighted by Gasteiger charge is -2.13. The van der Waals surface area contributed by atoms with Crippen molar-refractivity contribution >= 4 is 35.9 Å². The Kier molecular flexibility index (Phi) is 9.70. The highest BCUT2D eigenvalue weighted by Crippen LogP contribution is 2.09. The van der Waals surface area contributed by atoms with Gasteiger partial charge in [0.25, 0.3) is 0 Å². The fourth-order valence-electron chi connectivity index (χ4n) is 2.24. The highest BCUT2D eigenvalue weighted by Gasteiger charge is 2.07. The van der Waals surface area contributed by atoms with Gasteiger partial charge < -0.3 is 15.4 Å². The summed E-state index contributed by atoms with van der Waals surface area (Å²) in [4.78, 5) is 15.7. The summed E-state index contributed by atoms with van der Waals surface area (Å²) in [5.74, 6) is -0.888. The summed E-state index contributed by atoms with van der Waals surface area (Å²) in [6.45, 7) is 2.64. The second kappa shape index (κ2) is 11.5. The minimum absolute atomic E-state index is 0. The van der Waals surface area contributed by atoms with Crippen LogP contribution in [0.5, 0.6) is 0 Å². The van der Waals surface area contributed by atoms with Crippen LogP contribution in [0.3, 0.4) is 0 Å². The van der Waals surface area contributed by atoms with Crippen molar-refractivity contribution in [3.8, 4) is 0 Å². The minimum Gasteiger partial charge on any atom is -0.462 e. The predicted molar refractivity (Wildman–Crippen MR) is 111 cm³/mol. The van der Waals surface area contributed by atoms with Gasteiger partial charge in [0.05, 0.1) is 12.2 Å². The van der Waals surface area contributed by atoms with E-state index in [0.717, 1.165) is 23.8 Å². The smallest absolute Gasteiger partial charge is 0.338 e. The number of ether oxygens (including phenoxy) is 1. The minimum atomic E-state index is -0.493. The largest absolute Gasteiger partial charge is 0.462 e. The van der Waals surface area contributed by atoms with Gasteiger partial charge in [-0.3, -0.25) is 4.99 Å². The number of halogens is 3. The number of guanidine groups is 1. The zero-order valence-corrected chi connectivity index (χ0v) is 17.4. The third-order valence-corrected chi connectivity index (χ3v) is 3.60. The molecule has 146 valence electrons. The van der Waals surface area contributed by atoms with Crippen LogP contribution in [0.4, 0.5) is 8.78 Å². The van der Waals surface area contributed by atoms with Crippen molar-refractivity contribution in [1.29, 1.82) is 0 Å². The molecule has 0 saturated carbocycles. The van der Waals surface area contributed by atoms with E-state index < -0.39 is 11.6 Å². The first-order chi connectivity index (χ1) is 12.5. The van der Waals surface area contributed by atoms with Crippen molar-refractivity contribution in [3.05, 3.63) is 70.8 Å². The number of aliphatic imine (C=N–C) groups is 1. The molecular formula is C19H22F2IN3O2. The number of esters is 1. The molecular weight excluding hydrogens is 467 g/mol. The molecule has 27 heavy (non-hydrogen) atoms. The van der Waals surface area contributed by atoms with Crippen LogP contribution in [-0.2, 0) is 17.8 Å². The Labute approximate surface area is 174 Å². The van der Waals surface area contributed by atoms with Gasteiger partial charge in [-0.15, -0.1) is 24.0 Å². The van der Waals surface area contributed by atoms with Crippen LogP contribution in [0.1, 0.15) is 28.4 Å².